The Hall–Kier alpha value is -1.81. The molecule has 0 saturated carbocycles. The maximum atomic E-state index is 13.2. The van der Waals surface area contributed by atoms with Gasteiger partial charge in [0.1, 0.15) is 6.10 Å². The van der Waals surface area contributed by atoms with Crippen molar-refractivity contribution in [2.45, 2.75) is 25.9 Å². The lowest BCUT2D eigenvalue weighted by atomic mass is 9.99. The Morgan fingerprint density at radius 3 is 2.00 bits per heavy atom. The zero-order valence-corrected chi connectivity index (χ0v) is 11.0. The summed E-state index contributed by atoms with van der Waals surface area (Å²) >= 11 is 0. The van der Waals surface area contributed by atoms with E-state index in [0.717, 1.165) is 30.5 Å². The molecule has 0 aliphatic carbocycles. The second-order valence-electron chi connectivity index (χ2n) is 4.69. The van der Waals surface area contributed by atoms with Gasteiger partial charge in [0.2, 0.25) is 0 Å². The quantitative estimate of drug-likeness (QED) is 0.835. The second kappa shape index (κ2) is 6.09. The van der Waals surface area contributed by atoms with Crippen molar-refractivity contribution in [3.63, 3.8) is 0 Å². The van der Waals surface area contributed by atoms with Crippen molar-refractivity contribution in [2.75, 3.05) is 0 Å². The van der Waals surface area contributed by atoms with Crippen LogP contribution in [0.2, 0.25) is 0 Å². The maximum Gasteiger partial charge on any atom is 0.194 e. The van der Waals surface area contributed by atoms with Gasteiger partial charge in [-0.25, -0.2) is 13.2 Å². The molecule has 0 amide bonds. The van der Waals surface area contributed by atoms with Crippen LogP contribution in [0.4, 0.5) is 13.2 Å². The minimum absolute atomic E-state index is 0.00959. The summed E-state index contributed by atoms with van der Waals surface area (Å²) in [5, 5.41) is 10.1. The number of aliphatic hydroxyl groups excluding tert-OH is 1. The molecule has 0 fully saturated rings. The predicted octanol–water partition coefficient (Wildman–Crippen LogP) is 4.14. The third-order valence-electron chi connectivity index (χ3n) is 3.16. The SMILES string of the molecule is CCCc1ccc(C(O)c2cc(F)c(F)c(F)c2)cc1. The van der Waals surface area contributed by atoms with E-state index in [1.807, 2.05) is 12.1 Å². The van der Waals surface area contributed by atoms with Crippen molar-refractivity contribution in [1.29, 1.82) is 0 Å². The molecule has 1 nitrogen and oxygen atoms in total. The van der Waals surface area contributed by atoms with Crippen LogP contribution in [-0.4, -0.2) is 5.11 Å². The Labute approximate surface area is 115 Å². The fraction of sp³-hybridized carbons (Fsp3) is 0.250. The van der Waals surface area contributed by atoms with Crippen LogP contribution in [0.3, 0.4) is 0 Å². The van der Waals surface area contributed by atoms with Gasteiger partial charge >= 0.3 is 0 Å². The number of halogens is 3. The fourth-order valence-electron chi connectivity index (χ4n) is 2.08. The summed E-state index contributed by atoms with van der Waals surface area (Å²) in [5.74, 6) is -4.14. The van der Waals surface area contributed by atoms with E-state index in [-0.39, 0.29) is 5.56 Å². The van der Waals surface area contributed by atoms with Gasteiger partial charge in [0.05, 0.1) is 0 Å². The number of hydrogen-bond acceptors (Lipinski definition) is 1. The minimum Gasteiger partial charge on any atom is -0.384 e. The van der Waals surface area contributed by atoms with E-state index in [2.05, 4.69) is 6.92 Å². The van der Waals surface area contributed by atoms with Crippen molar-refractivity contribution < 1.29 is 18.3 Å². The summed E-state index contributed by atoms with van der Waals surface area (Å²) in [4.78, 5) is 0. The first kappa shape index (κ1) is 14.6. The summed E-state index contributed by atoms with van der Waals surface area (Å²) in [6, 6.07) is 8.74. The first-order chi connectivity index (χ1) is 9.52. The van der Waals surface area contributed by atoms with Gasteiger partial charge in [0.15, 0.2) is 17.5 Å². The van der Waals surface area contributed by atoms with Crippen LogP contribution in [0.15, 0.2) is 36.4 Å². The van der Waals surface area contributed by atoms with Crippen LogP contribution >= 0.6 is 0 Å². The highest BCUT2D eigenvalue weighted by Gasteiger charge is 2.16. The van der Waals surface area contributed by atoms with Crippen LogP contribution in [-0.2, 0) is 6.42 Å². The molecule has 20 heavy (non-hydrogen) atoms. The van der Waals surface area contributed by atoms with Crippen LogP contribution < -0.4 is 0 Å². The molecule has 0 saturated heterocycles. The standard InChI is InChI=1S/C16H15F3O/c1-2-3-10-4-6-11(7-5-10)16(20)12-8-13(17)15(19)14(18)9-12/h4-9,16,20H,2-3H2,1H3. The van der Waals surface area contributed by atoms with Gasteiger partial charge in [-0.05, 0) is 35.2 Å². The Bertz CT molecular complexity index is 570. The van der Waals surface area contributed by atoms with Gasteiger partial charge in [0.25, 0.3) is 0 Å². The van der Waals surface area contributed by atoms with Crippen LogP contribution in [0, 0.1) is 17.5 Å². The Balaban J connectivity index is 2.28. The number of aliphatic hydroxyl groups is 1. The molecule has 2 rings (SSSR count). The summed E-state index contributed by atoms with van der Waals surface area (Å²) in [6.07, 6.45) is 0.752. The molecule has 1 unspecified atom stereocenters. The lowest BCUT2D eigenvalue weighted by Crippen LogP contribution is -2.03. The number of hydrogen-bond donors (Lipinski definition) is 1. The molecule has 0 aliphatic heterocycles. The summed E-state index contributed by atoms with van der Waals surface area (Å²) in [7, 11) is 0. The summed E-state index contributed by atoms with van der Waals surface area (Å²) in [5.41, 5.74) is 1.62. The zero-order chi connectivity index (χ0) is 14.7. The molecule has 2 aromatic carbocycles. The summed E-state index contributed by atoms with van der Waals surface area (Å²) in [6.45, 7) is 2.06. The molecule has 106 valence electrons. The van der Waals surface area contributed by atoms with Crippen LogP contribution in [0.25, 0.3) is 0 Å². The molecule has 0 heterocycles. The Kier molecular flexibility index (Phi) is 4.45. The Morgan fingerprint density at radius 1 is 0.950 bits per heavy atom. The molecule has 0 aromatic heterocycles. The van der Waals surface area contributed by atoms with Gasteiger partial charge in [-0.2, -0.15) is 0 Å². The van der Waals surface area contributed by atoms with Gasteiger partial charge in [0, 0.05) is 0 Å². The van der Waals surface area contributed by atoms with Crippen molar-refractivity contribution in [3.8, 4) is 0 Å². The van der Waals surface area contributed by atoms with E-state index in [0.29, 0.717) is 5.56 Å². The number of benzene rings is 2. The highest BCUT2D eigenvalue weighted by Crippen LogP contribution is 2.25. The number of aryl methyl sites for hydroxylation is 1. The largest absolute Gasteiger partial charge is 0.384 e. The maximum absolute atomic E-state index is 13.2. The van der Waals surface area contributed by atoms with Gasteiger partial charge in [-0.15, -0.1) is 0 Å². The molecule has 0 radical (unpaired) electrons. The monoisotopic (exact) mass is 280 g/mol. The molecule has 1 N–H and O–H groups in total. The second-order valence-corrected chi connectivity index (χ2v) is 4.69. The van der Waals surface area contributed by atoms with E-state index >= 15 is 0 Å². The summed E-state index contributed by atoms with van der Waals surface area (Å²) < 4.78 is 39.2. The zero-order valence-electron chi connectivity index (χ0n) is 11.0. The molecule has 1 atom stereocenters. The highest BCUT2D eigenvalue weighted by molar-refractivity contribution is 5.32. The normalized spacial score (nSPS) is 12.4. The third kappa shape index (κ3) is 3.02. The molecule has 0 bridgehead atoms. The van der Waals surface area contributed by atoms with E-state index in [4.69, 9.17) is 0 Å². The highest BCUT2D eigenvalue weighted by atomic mass is 19.2. The van der Waals surface area contributed by atoms with Crippen molar-refractivity contribution in [1.82, 2.24) is 0 Å². The lowest BCUT2D eigenvalue weighted by Gasteiger charge is -2.13. The van der Waals surface area contributed by atoms with Crippen LogP contribution in [0.1, 0.15) is 36.1 Å². The van der Waals surface area contributed by atoms with E-state index in [9.17, 15) is 18.3 Å². The average molecular weight is 280 g/mol. The van der Waals surface area contributed by atoms with E-state index < -0.39 is 23.6 Å². The molecular weight excluding hydrogens is 265 g/mol. The van der Waals surface area contributed by atoms with Gasteiger partial charge in [-0.3, -0.25) is 0 Å². The molecule has 0 aliphatic rings. The van der Waals surface area contributed by atoms with Gasteiger partial charge in [-0.1, -0.05) is 37.6 Å². The minimum atomic E-state index is -1.53. The predicted molar refractivity (Wildman–Crippen MR) is 70.8 cm³/mol. The molecule has 0 spiro atoms. The van der Waals surface area contributed by atoms with E-state index in [1.54, 1.807) is 12.1 Å². The third-order valence-corrected chi connectivity index (χ3v) is 3.16. The first-order valence-electron chi connectivity index (χ1n) is 6.44. The Morgan fingerprint density at radius 2 is 1.50 bits per heavy atom. The fourth-order valence-corrected chi connectivity index (χ4v) is 2.08. The molecule has 2 aromatic rings. The van der Waals surface area contributed by atoms with Crippen molar-refractivity contribution in [2.24, 2.45) is 0 Å². The smallest absolute Gasteiger partial charge is 0.194 e. The average Bonchev–Trinajstić information content (AvgIpc) is 2.44. The lowest BCUT2D eigenvalue weighted by molar-refractivity contribution is 0.218. The van der Waals surface area contributed by atoms with Crippen molar-refractivity contribution >= 4 is 0 Å². The van der Waals surface area contributed by atoms with Gasteiger partial charge < -0.3 is 5.11 Å². The molecule has 4 heteroatoms. The van der Waals surface area contributed by atoms with E-state index in [1.165, 1.54) is 0 Å². The molecular formula is C16H15F3O. The number of rotatable bonds is 4. The van der Waals surface area contributed by atoms with Crippen LogP contribution in [0.5, 0.6) is 0 Å². The topological polar surface area (TPSA) is 20.2 Å². The van der Waals surface area contributed by atoms with Crippen molar-refractivity contribution in [3.05, 3.63) is 70.5 Å². The first-order valence-corrected chi connectivity index (χ1v) is 6.44.